The molecule has 1 aliphatic heterocycles. The van der Waals surface area contributed by atoms with Gasteiger partial charge >= 0.3 is 17.4 Å². The molecule has 58 heavy (non-hydrogen) atoms. The Bertz CT molecular complexity index is 2210. The van der Waals surface area contributed by atoms with E-state index in [1.165, 1.54) is 49.2 Å². The second kappa shape index (κ2) is 16.9. The van der Waals surface area contributed by atoms with Crippen molar-refractivity contribution >= 4 is 53.0 Å². The molecular formula is C45H42F3NO8S. The van der Waals surface area contributed by atoms with Gasteiger partial charge in [0.15, 0.2) is 0 Å². The monoisotopic (exact) mass is 813 g/mol. The number of carboxylic acid groups (broad SMARTS) is 2. The van der Waals surface area contributed by atoms with Gasteiger partial charge in [0.2, 0.25) is 11.6 Å². The first kappa shape index (κ1) is 42.3. The van der Waals surface area contributed by atoms with Crippen LogP contribution >= 0.6 is 11.8 Å². The van der Waals surface area contributed by atoms with E-state index in [1.54, 1.807) is 26.0 Å². The average Bonchev–Trinajstić information content (AvgIpc) is 4.03. The fourth-order valence-corrected chi connectivity index (χ4v) is 7.83. The zero-order chi connectivity index (χ0) is 42.0. The number of rotatable bonds is 10. The van der Waals surface area contributed by atoms with Gasteiger partial charge in [-0.15, -0.1) is 0 Å². The van der Waals surface area contributed by atoms with E-state index in [4.69, 9.17) is 0 Å². The Labute approximate surface area is 337 Å². The number of piperidine rings is 1. The van der Waals surface area contributed by atoms with Gasteiger partial charge in [-0.2, -0.15) is 13.2 Å². The number of hydrogen-bond donors (Lipinski definition) is 4. The maximum Gasteiger partial charge on any atom is 0.446 e. The van der Waals surface area contributed by atoms with Crippen molar-refractivity contribution < 1.29 is 52.8 Å². The van der Waals surface area contributed by atoms with E-state index in [0.29, 0.717) is 11.1 Å². The first-order valence-corrected chi connectivity index (χ1v) is 19.5. The van der Waals surface area contributed by atoms with E-state index in [1.807, 2.05) is 24.3 Å². The minimum absolute atomic E-state index is 0.0304. The number of carbonyl (C=O) groups excluding carboxylic acids is 2. The van der Waals surface area contributed by atoms with Crippen LogP contribution in [-0.2, 0) is 9.59 Å². The molecule has 4 aromatic rings. The van der Waals surface area contributed by atoms with E-state index < -0.39 is 40.2 Å². The number of benzene rings is 4. The Morgan fingerprint density at radius 3 is 1.64 bits per heavy atom. The van der Waals surface area contributed by atoms with Gasteiger partial charge in [0.05, 0.1) is 0 Å². The number of aliphatic carboxylic acids is 2. The SMILES string of the molecule is Cc1ccc(C(=O)C(O)(C(=O)O)C(O)(C(=O)O)C(=O)c2ccc(C)cc2)cc1.FC(F)(F)Sc1ccc2c(c1)C(=C1CCN(CC3CC3)CC1)c1ccccc1C=C2. The van der Waals surface area contributed by atoms with Crippen molar-refractivity contribution in [2.75, 3.05) is 19.6 Å². The van der Waals surface area contributed by atoms with Crippen LogP contribution in [0.1, 0.15) is 79.8 Å². The Hall–Kier alpha value is -5.34. The summed E-state index contributed by atoms with van der Waals surface area (Å²) in [5.41, 5.74) is -4.88. The Kier molecular flexibility index (Phi) is 12.3. The third-order valence-electron chi connectivity index (χ3n) is 10.7. The minimum atomic E-state index is -4.28. The van der Waals surface area contributed by atoms with Crippen LogP contribution in [0.3, 0.4) is 0 Å². The van der Waals surface area contributed by atoms with Crippen LogP contribution in [0.5, 0.6) is 0 Å². The zero-order valence-electron chi connectivity index (χ0n) is 31.8. The normalized spacial score (nSPS) is 17.4. The molecule has 1 saturated heterocycles. The van der Waals surface area contributed by atoms with Gasteiger partial charge in [-0.05, 0) is 97.2 Å². The summed E-state index contributed by atoms with van der Waals surface area (Å²) < 4.78 is 39.1. The lowest BCUT2D eigenvalue weighted by Crippen LogP contribution is -2.71. The number of carbonyl (C=O) groups is 4. The van der Waals surface area contributed by atoms with Crippen LogP contribution in [0, 0.1) is 19.8 Å². The fourth-order valence-electron chi connectivity index (χ4n) is 7.25. The number of nitrogens with zero attached hydrogens (tertiary/aromatic N) is 1. The maximum atomic E-state index is 13.0. The molecule has 7 rings (SSSR count). The molecule has 2 unspecified atom stereocenters. The molecule has 0 amide bonds. The van der Waals surface area contributed by atoms with Crippen LogP contribution in [0.2, 0.25) is 0 Å². The second-order valence-corrected chi connectivity index (χ2v) is 16.0. The third-order valence-corrected chi connectivity index (χ3v) is 11.4. The van der Waals surface area contributed by atoms with Gasteiger partial charge in [-0.3, -0.25) is 9.59 Å². The average molecular weight is 814 g/mol. The lowest BCUT2D eigenvalue weighted by molar-refractivity contribution is -0.187. The van der Waals surface area contributed by atoms with Gasteiger partial charge < -0.3 is 25.3 Å². The molecule has 302 valence electrons. The predicted octanol–water partition coefficient (Wildman–Crippen LogP) is 8.09. The first-order chi connectivity index (χ1) is 27.4. The molecule has 2 fully saturated rings. The highest BCUT2D eigenvalue weighted by molar-refractivity contribution is 8.00. The minimum Gasteiger partial charge on any atom is -0.479 e. The van der Waals surface area contributed by atoms with Crippen molar-refractivity contribution in [1.82, 2.24) is 4.90 Å². The predicted molar refractivity (Wildman–Crippen MR) is 214 cm³/mol. The molecule has 4 N–H and O–H groups in total. The summed E-state index contributed by atoms with van der Waals surface area (Å²) in [5.74, 6) is -7.13. The highest BCUT2D eigenvalue weighted by atomic mass is 32.2. The van der Waals surface area contributed by atoms with E-state index >= 15 is 0 Å². The number of thioether (sulfide) groups is 1. The zero-order valence-corrected chi connectivity index (χ0v) is 32.6. The van der Waals surface area contributed by atoms with Gasteiger partial charge in [0, 0.05) is 35.7 Å². The molecule has 0 spiro atoms. The van der Waals surface area contributed by atoms with Crippen molar-refractivity contribution in [3.05, 3.63) is 141 Å². The number of carboxylic acids is 2. The fraction of sp³-hybridized carbons (Fsp3) is 0.289. The van der Waals surface area contributed by atoms with Crippen LogP contribution in [0.15, 0.2) is 101 Å². The summed E-state index contributed by atoms with van der Waals surface area (Å²) in [4.78, 5) is 51.9. The van der Waals surface area contributed by atoms with Gasteiger partial charge in [0.1, 0.15) is 0 Å². The highest BCUT2D eigenvalue weighted by Gasteiger charge is 2.70. The van der Waals surface area contributed by atoms with Crippen molar-refractivity contribution in [2.45, 2.75) is 61.1 Å². The number of likely N-dealkylation sites (tertiary alicyclic amines) is 1. The van der Waals surface area contributed by atoms with Crippen LogP contribution in [0.25, 0.3) is 17.7 Å². The molecule has 0 radical (unpaired) electrons. The molecule has 1 heterocycles. The molecule has 1 saturated carbocycles. The van der Waals surface area contributed by atoms with Crippen LogP contribution in [-0.4, -0.2) is 85.2 Å². The molecule has 0 aromatic heterocycles. The standard InChI is InChI=1S/C25H24F3NS.C20H18O8/c26-25(27,28)30-21-10-9-19-8-7-18-3-1-2-4-22(18)24(23(19)15-21)20-11-13-29(14-12-20)16-17-5-6-17;1-11-3-7-13(8-4-11)15(21)19(27,17(23)24)20(28,18(25)26)16(22)14-9-5-12(2)6-10-14/h1-4,7-10,15,17H,5-6,11-14,16H2;3-10,27-28H,1-2H3,(H,23,24)(H,25,26). The highest BCUT2D eigenvalue weighted by Crippen LogP contribution is 2.43. The molecule has 9 nitrogen and oxygen atoms in total. The largest absolute Gasteiger partial charge is 0.479 e. The summed E-state index contributed by atoms with van der Waals surface area (Å²) >= 11 is -0.0304. The van der Waals surface area contributed by atoms with E-state index in [9.17, 15) is 52.8 Å². The first-order valence-electron chi connectivity index (χ1n) is 18.7. The smallest absolute Gasteiger partial charge is 0.446 e. The molecule has 2 atom stereocenters. The Balaban J connectivity index is 0.000000196. The van der Waals surface area contributed by atoms with E-state index in [-0.39, 0.29) is 27.8 Å². The molecule has 3 aliphatic rings. The number of halogens is 3. The Morgan fingerprint density at radius 2 is 1.17 bits per heavy atom. The third kappa shape index (κ3) is 8.87. The lowest BCUT2D eigenvalue weighted by Gasteiger charge is -2.34. The number of alkyl halides is 3. The summed E-state index contributed by atoms with van der Waals surface area (Å²) in [6, 6.07) is 23.7. The summed E-state index contributed by atoms with van der Waals surface area (Å²) in [7, 11) is 0. The second-order valence-electron chi connectivity index (χ2n) is 14.9. The molecule has 4 aromatic carbocycles. The van der Waals surface area contributed by atoms with Crippen molar-refractivity contribution in [3.8, 4) is 0 Å². The number of hydrogen-bond acceptors (Lipinski definition) is 8. The number of ketones is 2. The summed E-state index contributed by atoms with van der Waals surface area (Å²) in [5, 5.41) is 40.3. The topological polar surface area (TPSA) is 152 Å². The van der Waals surface area contributed by atoms with Crippen molar-refractivity contribution in [2.24, 2.45) is 5.92 Å². The molecule has 2 aliphatic carbocycles. The molecule has 0 bridgehead atoms. The molecular weight excluding hydrogens is 772 g/mol. The van der Waals surface area contributed by atoms with Gasteiger partial charge in [-0.25, -0.2) is 9.59 Å². The van der Waals surface area contributed by atoms with E-state index in [0.717, 1.165) is 83.9 Å². The quantitative estimate of drug-likeness (QED) is 0.0619. The van der Waals surface area contributed by atoms with E-state index in [2.05, 4.69) is 23.1 Å². The van der Waals surface area contributed by atoms with Crippen LogP contribution < -0.4 is 0 Å². The maximum absolute atomic E-state index is 13.0. The number of aryl methyl sites for hydroxylation is 2. The summed E-state index contributed by atoms with van der Waals surface area (Å²) in [6.07, 6.45) is 8.79. The van der Waals surface area contributed by atoms with Crippen molar-refractivity contribution in [1.29, 1.82) is 0 Å². The van der Waals surface area contributed by atoms with Crippen LogP contribution in [0.4, 0.5) is 13.2 Å². The number of fused-ring (bicyclic) bond motifs is 2. The van der Waals surface area contributed by atoms with Gasteiger partial charge in [0.25, 0.3) is 11.2 Å². The number of Topliss-reactive ketones (excluding diaryl/α,β-unsaturated/α-hetero) is 2. The molecule has 13 heteroatoms. The van der Waals surface area contributed by atoms with Gasteiger partial charge in [-0.1, -0.05) is 108 Å². The summed E-state index contributed by atoms with van der Waals surface area (Å²) in [6.45, 7) is 6.65. The lowest BCUT2D eigenvalue weighted by atomic mass is 9.73. The Morgan fingerprint density at radius 1 is 0.690 bits per heavy atom. The number of aliphatic hydroxyl groups is 2. The van der Waals surface area contributed by atoms with Crippen molar-refractivity contribution in [3.63, 3.8) is 0 Å².